The minimum Gasteiger partial charge on any atom is -0.352 e. The Balaban J connectivity index is 1.14. The number of amides is 2. The van der Waals surface area contributed by atoms with Crippen molar-refractivity contribution >= 4 is 22.6 Å². The molecule has 2 aliphatic heterocycles. The highest BCUT2D eigenvalue weighted by molar-refractivity contribution is 5.98. The van der Waals surface area contributed by atoms with Crippen LogP contribution in [0.5, 0.6) is 0 Å². The summed E-state index contributed by atoms with van der Waals surface area (Å²) in [6.07, 6.45) is 4.92. The van der Waals surface area contributed by atoms with Gasteiger partial charge in [-0.1, -0.05) is 91.0 Å². The molecule has 0 radical (unpaired) electrons. The van der Waals surface area contributed by atoms with Gasteiger partial charge in [0.1, 0.15) is 0 Å². The van der Waals surface area contributed by atoms with E-state index < -0.39 is 0 Å². The number of hydrogen-bond donors (Lipinski definition) is 2. The monoisotopic (exact) mass is 588 g/mol. The molecule has 2 amide bonds. The zero-order chi connectivity index (χ0) is 30.1. The summed E-state index contributed by atoms with van der Waals surface area (Å²) in [7, 11) is 0. The van der Waals surface area contributed by atoms with Crippen LogP contribution in [0.15, 0.2) is 103 Å². The van der Waals surface area contributed by atoms with E-state index in [4.69, 9.17) is 0 Å². The Hall–Kier alpha value is -4.00. The minimum absolute atomic E-state index is 0.0544. The molecule has 2 aliphatic rings. The van der Waals surface area contributed by atoms with Crippen molar-refractivity contribution in [1.82, 2.24) is 20.4 Å². The standard InChI is InChI=1S/C38H44N4O2/c43-37(33-18-17-29-11-7-8-16-32(29)27-33)39-22-19-34-20-26-42(38(44)36(40-34)21-25-41-23-9-10-24-41)28-35(30-12-3-1-4-13-30)31-14-5-2-6-15-31/h1-8,11-18,27,34-36,40H,9-10,19-26,28H2,(H,39,43)/t34-,36+/m1/s1. The third kappa shape index (κ3) is 7.55. The smallest absolute Gasteiger partial charge is 0.251 e. The predicted molar refractivity (Wildman–Crippen MR) is 178 cm³/mol. The van der Waals surface area contributed by atoms with Crippen molar-refractivity contribution in [3.8, 4) is 0 Å². The molecule has 2 fully saturated rings. The summed E-state index contributed by atoms with van der Waals surface area (Å²) in [4.78, 5) is 31.7. The summed E-state index contributed by atoms with van der Waals surface area (Å²) in [6.45, 7) is 5.10. The van der Waals surface area contributed by atoms with Crippen LogP contribution >= 0.6 is 0 Å². The van der Waals surface area contributed by atoms with Crippen LogP contribution in [-0.2, 0) is 4.79 Å². The van der Waals surface area contributed by atoms with Crippen molar-refractivity contribution in [2.75, 3.05) is 39.3 Å². The summed E-state index contributed by atoms with van der Waals surface area (Å²) in [5.41, 5.74) is 3.13. The van der Waals surface area contributed by atoms with Gasteiger partial charge >= 0.3 is 0 Å². The molecule has 0 bridgehead atoms. The van der Waals surface area contributed by atoms with Gasteiger partial charge in [-0.05, 0) is 79.2 Å². The molecule has 4 aromatic carbocycles. The van der Waals surface area contributed by atoms with E-state index in [1.165, 1.54) is 24.0 Å². The van der Waals surface area contributed by atoms with Gasteiger partial charge in [-0.3, -0.25) is 9.59 Å². The number of likely N-dealkylation sites (tertiary alicyclic amines) is 1. The van der Waals surface area contributed by atoms with Gasteiger partial charge in [-0.2, -0.15) is 0 Å². The Bertz CT molecular complexity index is 1480. The van der Waals surface area contributed by atoms with Gasteiger partial charge in [0.15, 0.2) is 0 Å². The van der Waals surface area contributed by atoms with E-state index in [1.807, 2.05) is 48.5 Å². The van der Waals surface area contributed by atoms with Crippen molar-refractivity contribution in [3.63, 3.8) is 0 Å². The van der Waals surface area contributed by atoms with Crippen molar-refractivity contribution in [3.05, 3.63) is 120 Å². The first-order valence-corrected chi connectivity index (χ1v) is 16.3. The highest BCUT2D eigenvalue weighted by atomic mass is 16.2. The first kappa shape index (κ1) is 30.0. The number of carbonyl (C=O) groups is 2. The Labute approximate surface area is 261 Å². The molecule has 44 heavy (non-hydrogen) atoms. The fraction of sp³-hybridized carbons (Fsp3) is 0.368. The second-order valence-corrected chi connectivity index (χ2v) is 12.3. The first-order chi connectivity index (χ1) is 21.6. The van der Waals surface area contributed by atoms with Crippen LogP contribution in [0.1, 0.15) is 59.5 Å². The van der Waals surface area contributed by atoms with Gasteiger partial charge in [0.05, 0.1) is 6.04 Å². The summed E-state index contributed by atoms with van der Waals surface area (Å²) in [5.74, 6) is 0.253. The van der Waals surface area contributed by atoms with Crippen LogP contribution in [0, 0.1) is 0 Å². The lowest BCUT2D eigenvalue weighted by Gasteiger charge is -2.30. The molecular formula is C38H44N4O2. The molecule has 6 rings (SSSR count). The van der Waals surface area contributed by atoms with Gasteiger partial charge in [-0.15, -0.1) is 0 Å². The summed E-state index contributed by atoms with van der Waals surface area (Å²) in [5, 5.41) is 9.07. The quantitative estimate of drug-likeness (QED) is 0.231. The topological polar surface area (TPSA) is 64.7 Å². The lowest BCUT2D eigenvalue weighted by atomic mass is 9.90. The number of nitrogens with zero attached hydrogens (tertiary/aromatic N) is 2. The molecule has 0 aromatic heterocycles. The molecule has 2 N–H and O–H groups in total. The molecule has 228 valence electrons. The number of fused-ring (bicyclic) bond motifs is 1. The molecule has 4 aromatic rings. The number of carbonyl (C=O) groups excluding carboxylic acids is 2. The average molecular weight is 589 g/mol. The zero-order valence-electron chi connectivity index (χ0n) is 25.5. The molecule has 2 saturated heterocycles. The second-order valence-electron chi connectivity index (χ2n) is 12.3. The van der Waals surface area contributed by atoms with E-state index >= 15 is 0 Å². The SMILES string of the molecule is O=C(NCC[C@@H]1CCN(CC(c2ccccc2)c2ccccc2)C(=O)[C@H](CCN2CCCC2)N1)c1ccc2ccccc2c1. The van der Waals surface area contributed by atoms with Crippen molar-refractivity contribution < 1.29 is 9.59 Å². The van der Waals surface area contributed by atoms with E-state index in [0.717, 1.165) is 49.7 Å². The normalized spacial score (nSPS) is 19.4. The van der Waals surface area contributed by atoms with E-state index in [-0.39, 0.29) is 29.8 Å². The minimum atomic E-state index is -0.230. The zero-order valence-corrected chi connectivity index (χ0v) is 25.5. The fourth-order valence-corrected chi connectivity index (χ4v) is 6.80. The van der Waals surface area contributed by atoms with E-state index in [0.29, 0.717) is 25.2 Å². The molecule has 0 saturated carbocycles. The Morgan fingerprint density at radius 1 is 0.795 bits per heavy atom. The fourth-order valence-electron chi connectivity index (χ4n) is 6.80. The highest BCUT2D eigenvalue weighted by Crippen LogP contribution is 2.27. The molecule has 0 unspecified atom stereocenters. The maximum atomic E-state index is 14.1. The van der Waals surface area contributed by atoms with Crippen LogP contribution in [-0.4, -0.2) is 73.0 Å². The van der Waals surface area contributed by atoms with Crippen molar-refractivity contribution in [2.45, 2.75) is 50.1 Å². The van der Waals surface area contributed by atoms with Crippen LogP contribution < -0.4 is 10.6 Å². The first-order valence-electron chi connectivity index (χ1n) is 16.3. The predicted octanol–water partition coefficient (Wildman–Crippen LogP) is 5.84. The van der Waals surface area contributed by atoms with Gasteiger partial charge in [0, 0.05) is 43.7 Å². The van der Waals surface area contributed by atoms with Crippen LogP contribution in [0.4, 0.5) is 0 Å². The molecule has 2 heterocycles. The number of rotatable bonds is 11. The van der Waals surface area contributed by atoms with Crippen molar-refractivity contribution in [1.29, 1.82) is 0 Å². The molecule has 0 spiro atoms. The largest absolute Gasteiger partial charge is 0.352 e. The van der Waals surface area contributed by atoms with Crippen LogP contribution in [0.2, 0.25) is 0 Å². The highest BCUT2D eigenvalue weighted by Gasteiger charge is 2.33. The maximum Gasteiger partial charge on any atom is 0.251 e. The van der Waals surface area contributed by atoms with Gasteiger partial charge < -0.3 is 20.4 Å². The third-order valence-corrected chi connectivity index (χ3v) is 9.32. The third-order valence-electron chi connectivity index (χ3n) is 9.32. The van der Waals surface area contributed by atoms with Crippen molar-refractivity contribution in [2.24, 2.45) is 0 Å². The second kappa shape index (κ2) is 14.7. The Morgan fingerprint density at radius 2 is 1.45 bits per heavy atom. The lowest BCUT2D eigenvalue weighted by Crippen LogP contribution is -2.48. The Kier molecular flexibility index (Phi) is 10.0. The molecule has 0 aliphatic carbocycles. The van der Waals surface area contributed by atoms with E-state index in [1.54, 1.807) is 0 Å². The van der Waals surface area contributed by atoms with Crippen LogP contribution in [0.25, 0.3) is 10.8 Å². The number of benzene rings is 4. The molecule has 6 heteroatoms. The summed E-state index contributed by atoms with van der Waals surface area (Å²) < 4.78 is 0. The van der Waals surface area contributed by atoms with Gasteiger partial charge in [0.25, 0.3) is 5.91 Å². The molecule has 2 atom stereocenters. The molecular weight excluding hydrogens is 544 g/mol. The van der Waals surface area contributed by atoms with E-state index in [9.17, 15) is 9.59 Å². The summed E-state index contributed by atoms with van der Waals surface area (Å²) in [6, 6.07) is 35.0. The van der Waals surface area contributed by atoms with Gasteiger partial charge in [0.2, 0.25) is 5.91 Å². The van der Waals surface area contributed by atoms with E-state index in [2.05, 4.69) is 75.0 Å². The Morgan fingerprint density at radius 3 is 2.16 bits per heavy atom. The summed E-state index contributed by atoms with van der Waals surface area (Å²) >= 11 is 0. The molecule has 6 nitrogen and oxygen atoms in total. The number of hydrogen-bond acceptors (Lipinski definition) is 4. The maximum absolute atomic E-state index is 14.1. The average Bonchev–Trinajstić information content (AvgIpc) is 3.55. The van der Waals surface area contributed by atoms with Gasteiger partial charge in [-0.25, -0.2) is 0 Å². The lowest BCUT2D eigenvalue weighted by molar-refractivity contribution is -0.133. The van der Waals surface area contributed by atoms with Crippen LogP contribution in [0.3, 0.4) is 0 Å². The number of nitrogens with one attached hydrogen (secondary N) is 2.